The number of hydrogen-bond donors (Lipinski definition) is 1. The highest BCUT2D eigenvalue weighted by atomic mass is 16.5. The topological polar surface area (TPSA) is 21.3 Å². The van der Waals surface area contributed by atoms with Gasteiger partial charge in [0, 0.05) is 6.61 Å². The third-order valence-corrected chi connectivity index (χ3v) is 2.66. The fourth-order valence-electron chi connectivity index (χ4n) is 1.64. The average Bonchev–Trinajstić information content (AvgIpc) is 2.33. The van der Waals surface area contributed by atoms with Crippen LogP contribution in [0.5, 0.6) is 0 Å². The van der Waals surface area contributed by atoms with Crippen molar-refractivity contribution in [2.45, 2.75) is 32.3 Å². The molecule has 1 atom stereocenters. The zero-order valence-corrected chi connectivity index (χ0v) is 10.4. The van der Waals surface area contributed by atoms with E-state index in [1.165, 1.54) is 5.56 Å². The molecule has 2 nitrogen and oxygen atoms in total. The first kappa shape index (κ1) is 13.2. The van der Waals surface area contributed by atoms with Crippen molar-refractivity contribution in [3.05, 3.63) is 35.9 Å². The predicted octanol–water partition coefficient (Wildman–Crippen LogP) is 2.63. The molecule has 0 aliphatic carbocycles. The van der Waals surface area contributed by atoms with Crippen LogP contribution in [0.4, 0.5) is 0 Å². The summed E-state index contributed by atoms with van der Waals surface area (Å²) in [5.41, 5.74) is 1.40. The number of rotatable bonds is 8. The van der Waals surface area contributed by atoms with Crippen molar-refractivity contribution >= 4 is 0 Å². The van der Waals surface area contributed by atoms with Crippen LogP contribution in [0.2, 0.25) is 0 Å². The van der Waals surface area contributed by atoms with Crippen LogP contribution in [0, 0.1) is 0 Å². The molecular formula is C14H23NO. The van der Waals surface area contributed by atoms with Crippen molar-refractivity contribution in [3.63, 3.8) is 0 Å². The highest BCUT2D eigenvalue weighted by Gasteiger charge is 2.00. The lowest BCUT2D eigenvalue weighted by molar-refractivity contribution is 0.0593. The molecule has 1 unspecified atom stereocenters. The van der Waals surface area contributed by atoms with Gasteiger partial charge in [-0.25, -0.2) is 0 Å². The molecule has 2 heteroatoms. The lowest BCUT2D eigenvalue weighted by Gasteiger charge is -2.12. The molecule has 0 aliphatic heterocycles. The molecule has 0 spiro atoms. The minimum absolute atomic E-state index is 0.364. The van der Waals surface area contributed by atoms with Crippen LogP contribution in [-0.2, 0) is 11.2 Å². The van der Waals surface area contributed by atoms with Crippen molar-refractivity contribution in [1.29, 1.82) is 0 Å². The summed E-state index contributed by atoms with van der Waals surface area (Å²) in [4.78, 5) is 0. The van der Waals surface area contributed by atoms with Crippen molar-refractivity contribution in [2.24, 2.45) is 0 Å². The van der Waals surface area contributed by atoms with Gasteiger partial charge in [0.25, 0.3) is 0 Å². The van der Waals surface area contributed by atoms with Gasteiger partial charge in [-0.3, -0.25) is 0 Å². The highest BCUT2D eigenvalue weighted by Crippen LogP contribution is 2.04. The Morgan fingerprint density at radius 1 is 1.25 bits per heavy atom. The molecule has 90 valence electrons. The van der Waals surface area contributed by atoms with Crippen molar-refractivity contribution < 1.29 is 4.74 Å². The van der Waals surface area contributed by atoms with Gasteiger partial charge in [-0.15, -0.1) is 0 Å². The quantitative estimate of drug-likeness (QED) is 0.681. The van der Waals surface area contributed by atoms with Gasteiger partial charge in [0.2, 0.25) is 0 Å². The maximum Gasteiger partial charge on any atom is 0.0559 e. The molecule has 0 heterocycles. The number of benzene rings is 1. The van der Waals surface area contributed by atoms with E-state index in [2.05, 4.69) is 42.6 Å². The van der Waals surface area contributed by atoms with Crippen LogP contribution in [0.15, 0.2) is 30.3 Å². The monoisotopic (exact) mass is 221 g/mol. The van der Waals surface area contributed by atoms with Crippen LogP contribution < -0.4 is 5.32 Å². The Labute approximate surface area is 99.0 Å². The largest absolute Gasteiger partial charge is 0.378 e. The van der Waals surface area contributed by atoms with Crippen molar-refractivity contribution in [1.82, 2.24) is 5.32 Å². The van der Waals surface area contributed by atoms with E-state index >= 15 is 0 Å². The van der Waals surface area contributed by atoms with Crippen LogP contribution in [0.25, 0.3) is 0 Å². The van der Waals surface area contributed by atoms with E-state index in [0.29, 0.717) is 6.10 Å². The summed E-state index contributed by atoms with van der Waals surface area (Å²) in [7, 11) is 1.97. The van der Waals surface area contributed by atoms with E-state index in [9.17, 15) is 0 Å². The zero-order valence-electron chi connectivity index (χ0n) is 10.4. The molecule has 0 bridgehead atoms. The fraction of sp³-hybridized carbons (Fsp3) is 0.571. The Hall–Kier alpha value is -0.860. The number of aryl methyl sites for hydroxylation is 1. The van der Waals surface area contributed by atoms with Gasteiger partial charge in [0.1, 0.15) is 0 Å². The summed E-state index contributed by atoms with van der Waals surface area (Å²) in [6.45, 7) is 4.03. The third-order valence-electron chi connectivity index (χ3n) is 2.66. The molecule has 0 aliphatic rings. The molecule has 0 amide bonds. The smallest absolute Gasteiger partial charge is 0.0559 e. The fourth-order valence-corrected chi connectivity index (χ4v) is 1.64. The van der Waals surface area contributed by atoms with E-state index in [0.717, 1.165) is 32.4 Å². The first-order chi connectivity index (χ1) is 7.83. The third kappa shape index (κ3) is 5.89. The van der Waals surface area contributed by atoms with E-state index in [-0.39, 0.29) is 0 Å². The van der Waals surface area contributed by atoms with E-state index in [1.54, 1.807) is 0 Å². The minimum Gasteiger partial charge on any atom is -0.378 e. The van der Waals surface area contributed by atoms with Crippen LogP contribution >= 0.6 is 0 Å². The summed E-state index contributed by atoms with van der Waals surface area (Å²) < 4.78 is 5.73. The number of ether oxygens (including phenoxy) is 1. The summed E-state index contributed by atoms with van der Waals surface area (Å²) in [5.74, 6) is 0. The lowest BCUT2D eigenvalue weighted by Crippen LogP contribution is -2.17. The Kier molecular flexibility index (Phi) is 6.86. The maximum atomic E-state index is 5.73. The van der Waals surface area contributed by atoms with E-state index in [1.807, 2.05) is 7.05 Å². The molecule has 1 aromatic carbocycles. The van der Waals surface area contributed by atoms with Gasteiger partial charge in [-0.1, -0.05) is 30.3 Å². The van der Waals surface area contributed by atoms with E-state index < -0.39 is 0 Å². The molecule has 1 N–H and O–H groups in total. The zero-order chi connectivity index (χ0) is 11.6. The van der Waals surface area contributed by atoms with E-state index in [4.69, 9.17) is 4.74 Å². The molecule has 0 saturated heterocycles. The van der Waals surface area contributed by atoms with Gasteiger partial charge in [-0.2, -0.15) is 0 Å². The predicted molar refractivity (Wildman–Crippen MR) is 68.7 cm³/mol. The Balaban J connectivity index is 2.03. The second-order valence-electron chi connectivity index (χ2n) is 4.16. The first-order valence-electron chi connectivity index (χ1n) is 6.13. The number of hydrogen-bond acceptors (Lipinski definition) is 2. The first-order valence-corrected chi connectivity index (χ1v) is 6.13. The minimum atomic E-state index is 0.364. The Morgan fingerprint density at radius 3 is 2.69 bits per heavy atom. The average molecular weight is 221 g/mol. The lowest BCUT2D eigenvalue weighted by atomic mass is 10.1. The molecule has 0 fully saturated rings. The van der Waals surface area contributed by atoms with Gasteiger partial charge < -0.3 is 10.1 Å². The summed E-state index contributed by atoms with van der Waals surface area (Å²) in [6, 6.07) is 10.6. The molecule has 1 aromatic rings. The standard InChI is InChI=1S/C14H23NO/c1-13(10-11-15-2)16-12-6-9-14-7-4-3-5-8-14/h3-5,7-8,13,15H,6,9-12H2,1-2H3. The maximum absolute atomic E-state index is 5.73. The van der Waals surface area contributed by atoms with Gasteiger partial charge >= 0.3 is 0 Å². The molecule has 0 aromatic heterocycles. The molecule has 1 rings (SSSR count). The van der Waals surface area contributed by atoms with Crippen LogP contribution in [0.1, 0.15) is 25.3 Å². The molecule has 16 heavy (non-hydrogen) atoms. The highest BCUT2D eigenvalue weighted by molar-refractivity contribution is 5.14. The number of nitrogens with one attached hydrogen (secondary N) is 1. The molecule has 0 radical (unpaired) electrons. The van der Waals surface area contributed by atoms with Crippen molar-refractivity contribution in [3.8, 4) is 0 Å². The van der Waals surface area contributed by atoms with Gasteiger partial charge in [0.05, 0.1) is 6.10 Å². The molecule has 0 saturated carbocycles. The Bertz CT molecular complexity index is 261. The van der Waals surface area contributed by atoms with Gasteiger partial charge in [0.15, 0.2) is 0 Å². The van der Waals surface area contributed by atoms with Crippen LogP contribution in [0.3, 0.4) is 0 Å². The normalized spacial score (nSPS) is 12.6. The van der Waals surface area contributed by atoms with Crippen molar-refractivity contribution in [2.75, 3.05) is 20.2 Å². The summed E-state index contributed by atoms with van der Waals surface area (Å²) in [5, 5.41) is 3.13. The van der Waals surface area contributed by atoms with Gasteiger partial charge in [-0.05, 0) is 45.3 Å². The second-order valence-corrected chi connectivity index (χ2v) is 4.16. The van der Waals surface area contributed by atoms with Crippen LogP contribution in [-0.4, -0.2) is 26.3 Å². The SMILES string of the molecule is CNCCC(C)OCCCc1ccccc1. The summed E-state index contributed by atoms with van der Waals surface area (Å²) >= 11 is 0. The molecular weight excluding hydrogens is 198 g/mol. The Morgan fingerprint density at radius 2 is 2.00 bits per heavy atom. The summed E-state index contributed by atoms with van der Waals surface area (Å²) in [6.07, 6.45) is 3.67. The second kappa shape index (κ2) is 8.31.